The number of anilines is 8. The van der Waals surface area contributed by atoms with Gasteiger partial charge >= 0.3 is 0 Å². The molecular formula is C70H78BN3Si. The topological polar surface area (TPSA) is 9.72 Å². The summed E-state index contributed by atoms with van der Waals surface area (Å²) in [5, 5.41) is 1.49. The van der Waals surface area contributed by atoms with E-state index < -0.39 is 8.07 Å². The highest BCUT2D eigenvalue weighted by Crippen LogP contribution is 2.49. The molecule has 11 rings (SSSR count). The minimum absolute atomic E-state index is 0.00538. The molecule has 1 aliphatic carbocycles. The van der Waals surface area contributed by atoms with Crippen molar-refractivity contribution in [3.05, 3.63) is 203 Å². The van der Waals surface area contributed by atoms with Gasteiger partial charge in [0.25, 0.3) is 6.71 Å². The smallest absolute Gasteiger partial charge is 0.252 e. The Labute approximate surface area is 451 Å². The molecule has 0 atom stereocenters. The van der Waals surface area contributed by atoms with E-state index in [9.17, 15) is 0 Å². The minimum atomic E-state index is -1.76. The standard InChI is InChI=1S/C70H78BN3Si/c1-46-36-52(68(5,6)7)30-34-61(46)74-62-35-33-57(75(13,14)15)42-60(62)71-59-37-49-43-70(11,12)44-50(49)38-63(59)72(45-48-26-27-53(69(8,9)10)39-58(48)47-22-18-16-19-23-47)64-40-56(41-65(74)66(64)71)73(54-24-20-17-21-25-54)55-31-28-51(29-32-55)67(2,3)4/h16-42H,43-45H2,1-15H3. The van der Waals surface area contributed by atoms with Crippen molar-refractivity contribution in [1.82, 2.24) is 0 Å². The summed E-state index contributed by atoms with van der Waals surface area (Å²) in [5.74, 6) is 0. The normalized spacial score (nSPS) is 14.8. The molecule has 0 amide bonds. The lowest BCUT2D eigenvalue weighted by Gasteiger charge is -2.46. The van der Waals surface area contributed by atoms with Crippen LogP contribution in [0.1, 0.15) is 115 Å². The first-order chi connectivity index (χ1) is 35.3. The van der Waals surface area contributed by atoms with E-state index in [2.05, 4.69) is 281 Å². The van der Waals surface area contributed by atoms with Gasteiger partial charge in [0.15, 0.2) is 0 Å². The van der Waals surface area contributed by atoms with Gasteiger partial charge in [-0.05, 0) is 162 Å². The number of aryl methyl sites for hydroxylation is 1. The zero-order chi connectivity index (χ0) is 53.1. The molecule has 75 heavy (non-hydrogen) atoms. The van der Waals surface area contributed by atoms with Crippen molar-refractivity contribution in [2.24, 2.45) is 5.41 Å². The first kappa shape index (κ1) is 50.6. The van der Waals surface area contributed by atoms with Crippen molar-refractivity contribution in [3.8, 4) is 11.1 Å². The Kier molecular flexibility index (Phi) is 12.2. The number of hydrogen-bond acceptors (Lipinski definition) is 3. The fourth-order valence-corrected chi connectivity index (χ4v) is 13.6. The van der Waals surface area contributed by atoms with Gasteiger partial charge in [-0.2, -0.15) is 0 Å². The molecule has 380 valence electrons. The van der Waals surface area contributed by atoms with E-state index >= 15 is 0 Å². The van der Waals surface area contributed by atoms with Crippen LogP contribution >= 0.6 is 0 Å². The highest BCUT2D eigenvalue weighted by Gasteiger charge is 2.46. The zero-order valence-corrected chi connectivity index (χ0v) is 48.6. The summed E-state index contributed by atoms with van der Waals surface area (Å²) in [6.07, 6.45) is 2.16. The Morgan fingerprint density at radius 3 is 1.68 bits per heavy atom. The number of nitrogens with zero attached hydrogens (tertiary/aromatic N) is 3. The van der Waals surface area contributed by atoms with Gasteiger partial charge in [0.05, 0.1) is 13.8 Å². The lowest BCUT2D eigenvalue weighted by molar-refractivity contribution is 0.392. The van der Waals surface area contributed by atoms with E-state index in [0.29, 0.717) is 6.54 Å². The van der Waals surface area contributed by atoms with Crippen LogP contribution in [0.15, 0.2) is 164 Å². The summed E-state index contributed by atoms with van der Waals surface area (Å²) < 4.78 is 0. The molecule has 2 aliphatic heterocycles. The maximum absolute atomic E-state index is 2.74. The van der Waals surface area contributed by atoms with Gasteiger partial charge < -0.3 is 14.7 Å². The molecular weight excluding hydrogens is 922 g/mol. The van der Waals surface area contributed by atoms with E-state index in [4.69, 9.17) is 0 Å². The van der Waals surface area contributed by atoms with Crippen molar-refractivity contribution < 1.29 is 0 Å². The summed E-state index contributed by atoms with van der Waals surface area (Å²) in [4.78, 5) is 7.90. The number of para-hydroxylation sites is 1. The van der Waals surface area contributed by atoms with Crippen molar-refractivity contribution in [3.63, 3.8) is 0 Å². The maximum atomic E-state index is 2.74. The molecule has 0 saturated carbocycles. The fraction of sp³-hybridized carbons (Fsp3) is 0.314. The van der Waals surface area contributed by atoms with Gasteiger partial charge in [-0.25, -0.2) is 0 Å². The first-order valence-corrected chi connectivity index (χ1v) is 31.2. The van der Waals surface area contributed by atoms with Gasteiger partial charge in [0.1, 0.15) is 0 Å². The molecule has 0 saturated heterocycles. The quantitative estimate of drug-likeness (QED) is 0.140. The van der Waals surface area contributed by atoms with Crippen LogP contribution in [0, 0.1) is 12.3 Å². The average Bonchev–Trinajstić information content (AvgIpc) is 3.67. The summed E-state index contributed by atoms with van der Waals surface area (Å²) >= 11 is 0. The van der Waals surface area contributed by atoms with E-state index in [0.717, 1.165) is 29.9 Å². The van der Waals surface area contributed by atoms with E-state index in [-0.39, 0.29) is 28.4 Å². The van der Waals surface area contributed by atoms with Crippen molar-refractivity contribution >= 4 is 81.9 Å². The molecule has 3 nitrogen and oxygen atoms in total. The summed E-state index contributed by atoms with van der Waals surface area (Å²) in [5.41, 5.74) is 26.3. The van der Waals surface area contributed by atoms with E-state index in [1.807, 2.05) is 0 Å². The van der Waals surface area contributed by atoms with Crippen LogP contribution < -0.4 is 36.3 Å². The van der Waals surface area contributed by atoms with Crippen LogP contribution in [-0.4, -0.2) is 14.8 Å². The number of hydrogen-bond donors (Lipinski definition) is 0. The van der Waals surface area contributed by atoms with Crippen molar-refractivity contribution in [2.75, 3.05) is 14.7 Å². The molecule has 3 aliphatic rings. The van der Waals surface area contributed by atoms with Crippen LogP contribution in [0.5, 0.6) is 0 Å². The minimum Gasteiger partial charge on any atom is -0.338 e. The predicted molar refractivity (Wildman–Crippen MR) is 330 cm³/mol. The molecule has 0 spiro atoms. The molecule has 2 heterocycles. The lowest BCUT2D eigenvalue weighted by atomic mass is 9.33. The molecule has 0 radical (unpaired) electrons. The summed E-state index contributed by atoms with van der Waals surface area (Å²) in [6, 6.07) is 64.0. The first-order valence-electron chi connectivity index (χ1n) is 27.7. The van der Waals surface area contributed by atoms with E-state index in [1.54, 1.807) is 0 Å². The van der Waals surface area contributed by atoms with Crippen LogP contribution in [-0.2, 0) is 35.6 Å². The Morgan fingerprint density at radius 1 is 0.507 bits per heavy atom. The van der Waals surface area contributed by atoms with Gasteiger partial charge in [-0.3, -0.25) is 0 Å². The lowest BCUT2D eigenvalue weighted by Crippen LogP contribution is -2.63. The number of benzene rings is 8. The zero-order valence-electron chi connectivity index (χ0n) is 47.6. The van der Waals surface area contributed by atoms with Crippen LogP contribution in [0.25, 0.3) is 11.1 Å². The number of rotatable bonds is 8. The Morgan fingerprint density at radius 2 is 1.05 bits per heavy atom. The second-order valence-electron chi connectivity index (χ2n) is 27.2. The molecule has 0 N–H and O–H groups in total. The Bertz CT molecular complexity index is 3490. The SMILES string of the molecule is Cc1cc(C(C)(C)C)ccc1N1c2ccc([Si](C)(C)C)cc2B2c3cc4c(cc3N(Cc3ccc(C(C)(C)C)cc3-c3ccccc3)c3cc(N(c5ccccc5)c5ccc(C(C)(C)C)cc5)cc1c32)CC(C)(C)C4. The Balaban J connectivity index is 1.26. The van der Waals surface area contributed by atoms with Crippen molar-refractivity contribution in [1.29, 1.82) is 0 Å². The third-order valence-corrected chi connectivity index (χ3v) is 18.7. The molecule has 0 fully saturated rings. The third kappa shape index (κ3) is 9.28. The predicted octanol–water partition coefficient (Wildman–Crippen LogP) is 16.6. The van der Waals surface area contributed by atoms with Crippen LogP contribution in [0.3, 0.4) is 0 Å². The highest BCUT2D eigenvalue weighted by molar-refractivity contribution is 7.01. The molecule has 0 unspecified atom stereocenters. The third-order valence-electron chi connectivity index (χ3n) is 16.6. The molecule has 8 aromatic carbocycles. The summed E-state index contributed by atoms with van der Waals surface area (Å²) in [7, 11) is -1.76. The van der Waals surface area contributed by atoms with Gasteiger partial charge in [0.2, 0.25) is 0 Å². The molecule has 5 heteroatoms. The number of fused-ring (bicyclic) bond motifs is 5. The molecule has 0 bridgehead atoms. The fourth-order valence-electron chi connectivity index (χ4n) is 12.4. The van der Waals surface area contributed by atoms with Crippen LogP contribution in [0.4, 0.5) is 45.5 Å². The largest absolute Gasteiger partial charge is 0.338 e. The van der Waals surface area contributed by atoms with Crippen LogP contribution in [0.2, 0.25) is 19.6 Å². The van der Waals surface area contributed by atoms with Gasteiger partial charge in [-0.15, -0.1) is 0 Å². The molecule has 0 aromatic heterocycles. The van der Waals surface area contributed by atoms with Gasteiger partial charge in [-0.1, -0.05) is 210 Å². The average molecular weight is 1000 g/mol. The highest BCUT2D eigenvalue weighted by atomic mass is 28.3. The summed E-state index contributed by atoms with van der Waals surface area (Å²) in [6.45, 7) is 36.4. The second kappa shape index (κ2) is 18.0. The van der Waals surface area contributed by atoms with Gasteiger partial charge in [0, 0.05) is 46.4 Å². The van der Waals surface area contributed by atoms with Crippen molar-refractivity contribution in [2.45, 2.75) is 138 Å². The Hall–Kier alpha value is -6.56. The van der Waals surface area contributed by atoms with E-state index in [1.165, 1.54) is 100 Å². The maximum Gasteiger partial charge on any atom is 0.252 e. The monoisotopic (exact) mass is 1000 g/mol. The second-order valence-corrected chi connectivity index (χ2v) is 32.3. The molecule has 8 aromatic rings.